The number of rotatable bonds is 15. The Morgan fingerprint density at radius 1 is 0.758 bits per heavy atom. The SMILES string of the molecule is COC(=O)N[C@H]1CCC[C@@H]1[C@](CN1CCC1)(c1cccc(F)c1)C1CCN(C[C@@H]2CCN(c3ccc(C(F)(F)c4cccc(NC(=O)/C=C/CN5CCCCC5)c4)cc3)C2)CC1. The average Bonchev–Trinajstić information content (AvgIpc) is 3.94. The first-order chi connectivity index (χ1) is 30.1. The number of methoxy groups -OCH3 is 1. The topological polar surface area (TPSA) is 80.4 Å². The van der Waals surface area contributed by atoms with Crippen LogP contribution in [0.25, 0.3) is 0 Å². The van der Waals surface area contributed by atoms with Gasteiger partial charge in [-0.15, -0.1) is 0 Å². The van der Waals surface area contributed by atoms with Gasteiger partial charge in [-0.05, 0) is 150 Å². The van der Waals surface area contributed by atoms with Crippen molar-refractivity contribution in [1.82, 2.24) is 20.0 Å². The van der Waals surface area contributed by atoms with Gasteiger partial charge in [0.2, 0.25) is 5.91 Å². The molecule has 1 aliphatic carbocycles. The van der Waals surface area contributed by atoms with Gasteiger partial charge in [0.1, 0.15) is 5.82 Å². The minimum absolute atomic E-state index is 0.0260. The van der Waals surface area contributed by atoms with Crippen LogP contribution < -0.4 is 15.5 Å². The molecule has 0 aromatic heterocycles. The minimum atomic E-state index is -3.24. The van der Waals surface area contributed by atoms with Crippen LogP contribution in [-0.2, 0) is 20.9 Å². The molecule has 2 N–H and O–H groups in total. The number of nitrogens with one attached hydrogen (secondary N) is 2. The summed E-state index contributed by atoms with van der Waals surface area (Å²) in [6.45, 7) is 10.4. The number of alkyl carbamates (subject to hydrolysis) is 1. The third-order valence-electron chi connectivity index (χ3n) is 14.7. The van der Waals surface area contributed by atoms with Crippen LogP contribution in [0.1, 0.15) is 80.9 Å². The Morgan fingerprint density at radius 3 is 2.23 bits per heavy atom. The molecule has 62 heavy (non-hydrogen) atoms. The third-order valence-corrected chi connectivity index (χ3v) is 14.7. The van der Waals surface area contributed by atoms with Crippen molar-refractivity contribution in [3.8, 4) is 0 Å². The van der Waals surface area contributed by atoms with Crippen molar-refractivity contribution < 1.29 is 27.5 Å². The number of likely N-dealkylation sites (tertiary alicyclic amines) is 3. The lowest BCUT2D eigenvalue weighted by Crippen LogP contribution is -2.59. The summed E-state index contributed by atoms with van der Waals surface area (Å²) >= 11 is 0. The van der Waals surface area contributed by atoms with E-state index in [1.807, 2.05) is 24.3 Å². The van der Waals surface area contributed by atoms with Crippen molar-refractivity contribution >= 4 is 23.4 Å². The van der Waals surface area contributed by atoms with Crippen LogP contribution in [0, 0.1) is 23.6 Å². The van der Waals surface area contributed by atoms with Gasteiger partial charge in [0, 0.05) is 72.8 Å². The summed E-state index contributed by atoms with van der Waals surface area (Å²) < 4.78 is 52.0. The number of hydrogen-bond acceptors (Lipinski definition) is 7. The molecule has 5 aliphatic rings. The lowest BCUT2D eigenvalue weighted by Gasteiger charge is -2.53. The molecule has 334 valence electrons. The summed E-state index contributed by atoms with van der Waals surface area (Å²) in [6.07, 6.45) is 13.6. The maximum atomic E-state index is 15.9. The molecule has 1 saturated carbocycles. The fraction of sp³-hybridized carbons (Fsp3) is 0.560. The smallest absolute Gasteiger partial charge is 0.407 e. The van der Waals surface area contributed by atoms with Gasteiger partial charge in [-0.25, -0.2) is 9.18 Å². The Morgan fingerprint density at radius 2 is 1.50 bits per heavy atom. The summed E-state index contributed by atoms with van der Waals surface area (Å²) in [7, 11) is 1.42. The Kier molecular flexibility index (Phi) is 14.3. The van der Waals surface area contributed by atoms with Gasteiger partial charge >= 0.3 is 6.09 Å². The summed E-state index contributed by atoms with van der Waals surface area (Å²) in [6, 6.07) is 19.9. The molecule has 0 unspecified atom stereocenters. The highest BCUT2D eigenvalue weighted by Gasteiger charge is 2.53. The molecule has 12 heteroatoms. The van der Waals surface area contributed by atoms with Crippen LogP contribution in [0.5, 0.6) is 0 Å². The number of amides is 2. The van der Waals surface area contributed by atoms with Crippen molar-refractivity contribution in [2.45, 2.75) is 81.6 Å². The first-order valence-corrected chi connectivity index (χ1v) is 23.2. The first-order valence-electron chi connectivity index (χ1n) is 23.2. The minimum Gasteiger partial charge on any atom is -0.453 e. The van der Waals surface area contributed by atoms with E-state index in [9.17, 15) is 9.59 Å². The van der Waals surface area contributed by atoms with E-state index in [0.29, 0.717) is 24.1 Å². The number of alkyl halides is 2. The molecule has 2 amide bonds. The van der Waals surface area contributed by atoms with Crippen LogP contribution in [0.15, 0.2) is 84.9 Å². The average molecular weight is 855 g/mol. The highest BCUT2D eigenvalue weighted by molar-refractivity contribution is 5.99. The Bertz CT molecular complexity index is 2000. The molecular weight excluding hydrogens is 790 g/mol. The van der Waals surface area contributed by atoms with E-state index >= 15 is 13.2 Å². The molecule has 0 radical (unpaired) electrons. The van der Waals surface area contributed by atoms with Gasteiger partial charge in [0.05, 0.1) is 7.11 Å². The summed E-state index contributed by atoms with van der Waals surface area (Å²) in [5, 5.41) is 5.94. The van der Waals surface area contributed by atoms with Crippen LogP contribution in [-0.4, -0.2) is 112 Å². The van der Waals surface area contributed by atoms with Gasteiger partial charge in [0.15, 0.2) is 0 Å². The van der Waals surface area contributed by atoms with Gasteiger partial charge in [-0.2, -0.15) is 8.78 Å². The van der Waals surface area contributed by atoms with E-state index in [-0.39, 0.29) is 40.2 Å². The van der Waals surface area contributed by atoms with E-state index in [1.54, 1.807) is 18.2 Å². The standard InChI is InChI=1S/C50H65F3N6O3/c1-62-48(61)55-46-15-7-14-45(46)49(36-58-27-9-28-58,40-10-5-12-42(51)32-40)38-22-29-57(30-23-38)34-37-21-31-59(35-37)44-19-17-39(18-20-44)50(52,53)41-11-6-13-43(33-41)54-47(60)16-8-26-56-24-3-2-4-25-56/h5-6,8,10-13,16-20,32-33,37-38,45-46H,2-4,7,9,14-15,21-31,34-36H2,1H3,(H,54,60)(H,55,61)/b16-8+/t37-,45-,46-,49-/m0/s1. The van der Waals surface area contributed by atoms with Crippen molar-refractivity contribution in [1.29, 1.82) is 0 Å². The summed E-state index contributed by atoms with van der Waals surface area (Å²) in [5.74, 6) is -2.81. The van der Waals surface area contributed by atoms with E-state index in [0.717, 1.165) is 115 Å². The van der Waals surface area contributed by atoms with Gasteiger partial charge < -0.3 is 30.1 Å². The quantitative estimate of drug-likeness (QED) is 0.148. The van der Waals surface area contributed by atoms with Crippen LogP contribution >= 0.6 is 0 Å². The van der Waals surface area contributed by atoms with Crippen molar-refractivity contribution in [3.05, 3.63) is 107 Å². The fourth-order valence-corrected chi connectivity index (χ4v) is 11.4. The molecule has 0 spiro atoms. The Hall–Kier alpha value is -4.39. The van der Waals surface area contributed by atoms with Gasteiger partial charge in [-0.3, -0.25) is 9.69 Å². The number of anilines is 2. The monoisotopic (exact) mass is 855 g/mol. The van der Waals surface area contributed by atoms with Crippen molar-refractivity contribution in [2.75, 3.05) is 89.3 Å². The second-order valence-electron chi connectivity index (χ2n) is 18.6. The van der Waals surface area contributed by atoms with Crippen LogP contribution in [0.2, 0.25) is 0 Å². The maximum Gasteiger partial charge on any atom is 0.407 e. The number of piperidine rings is 2. The first kappa shape index (κ1) is 44.2. The highest BCUT2D eigenvalue weighted by atomic mass is 19.3. The number of benzene rings is 3. The summed E-state index contributed by atoms with van der Waals surface area (Å²) in [5.41, 5.74) is 1.79. The second-order valence-corrected chi connectivity index (χ2v) is 18.6. The normalized spacial score (nSPS) is 24.2. The zero-order valence-electron chi connectivity index (χ0n) is 36.4. The number of ether oxygens (including phenoxy) is 1. The fourth-order valence-electron chi connectivity index (χ4n) is 11.4. The number of halogens is 3. The molecule has 5 fully saturated rings. The van der Waals surface area contributed by atoms with Crippen molar-refractivity contribution in [2.24, 2.45) is 17.8 Å². The highest BCUT2D eigenvalue weighted by Crippen LogP contribution is 2.51. The molecule has 4 atom stereocenters. The van der Waals surface area contributed by atoms with E-state index in [1.165, 1.54) is 69.2 Å². The largest absolute Gasteiger partial charge is 0.453 e. The van der Waals surface area contributed by atoms with Crippen LogP contribution in [0.3, 0.4) is 0 Å². The van der Waals surface area contributed by atoms with Crippen molar-refractivity contribution in [3.63, 3.8) is 0 Å². The van der Waals surface area contributed by atoms with Gasteiger partial charge in [-0.1, -0.05) is 55.3 Å². The lowest BCUT2D eigenvalue weighted by atomic mass is 9.57. The zero-order chi connectivity index (χ0) is 43.1. The number of hydrogen-bond donors (Lipinski definition) is 2. The maximum absolute atomic E-state index is 15.9. The predicted octanol–water partition coefficient (Wildman–Crippen LogP) is 8.65. The predicted molar refractivity (Wildman–Crippen MR) is 239 cm³/mol. The van der Waals surface area contributed by atoms with E-state index < -0.39 is 12.0 Å². The number of carbonyl (C=O) groups excluding carboxylic acids is 2. The summed E-state index contributed by atoms with van der Waals surface area (Å²) in [4.78, 5) is 34.9. The van der Waals surface area contributed by atoms with Gasteiger partial charge in [0.25, 0.3) is 5.92 Å². The third kappa shape index (κ3) is 10.2. The lowest BCUT2D eigenvalue weighted by molar-refractivity contribution is -0.111. The molecule has 4 aliphatic heterocycles. The van der Waals surface area contributed by atoms with Crippen LogP contribution in [0.4, 0.5) is 29.3 Å². The molecule has 4 saturated heterocycles. The molecular formula is C50H65F3N6O3. The molecule has 3 aromatic carbocycles. The zero-order valence-corrected chi connectivity index (χ0v) is 36.4. The van der Waals surface area contributed by atoms with E-state index in [2.05, 4.69) is 36.3 Å². The van der Waals surface area contributed by atoms with E-state index in [4.69, 9.17) is 4.74 Å². The molecule has 9 nitrogen and oxygen atoms in total. The molecule has 0 bridgehead atoms. The Labute approximate surface area is 366 Å². The molecule has 8 rings (SSSR count). The molecule has 3 aromatic rings. The Balaban J connectivity index is 0.874. The number of nitrogens with zero attached hydrogens (tertiary/aromatic N) is 4. The number of carbonyl (C=O) groups is 2. The molecule has 4 heterocycles. The second kappa shape index (κ2) is 20.0.